The van der Waals surface area contributed by atoms with Crippen LogP contribution >= 0.6 is 23.2 Å². The second kappa shape index (κ2) is 7.95. The van der Waals surface area contributed by atoms with Crippen molar-refractivity contribution in [2.75, 3.05) is 11.6 Å². The van der Waals surface area contributed by atoms with Gasteiger partial charge in [-0.2, -0.15) is 0 Å². The Bertz CT molecular complexity index is 1350. The van der Waals surface area contributed by atoms with Gasteiger partial charge in [0, 0.05) is 22.4 Å². The van der Waals surface area contributed by atoms with E-state index in [1.54, 1.807) is 12.1 Å². The predicted octanol–water partition coefficient (Wildman–Crippen LogP) is 6.36. The van der Waals surface area contributed by atoms with Gasteiger partial charge in [0.25, 0.3) is 0 Å². The Hall–Kier alpha value is -2.95. The largest absolute Gasteiger partial charge is 0.473 e. The second-order valence-corrected chi connectivity index (χ2v) is 8.49. The van der Waals surface area contributed by atoms with Gasteiger partial charge < -0.3 is 14.1 Å². The first-order valence-electron chi connectivity index (χ1n) is 9.96. The summed E-state index contributed by atoms with van der Waals surface area (Å²) < 4.78 is 11.8. The van der Waals surface area contributed by atoms with Gasteiger partial charge in [-0.25, -0.2) is 4.79 Å². The molecule has 0 N–H and O–H groups in total. The lowest BCUT2D eigenvalue weighted by Crippen LogP contribution is -2.32. The summed E-state index contributed by atoms with van der Waals surface area (Å²) >= 11 is 12.4. The molecule has 4 aromatic rings. The van der Waals surface area contributed by atoms with Gasteiger partial charge in [0.15, 0.2) is 6.73 Å². The molecule has 2 heterocycles. The van der Waals surface area contributed by atoms with Crippen molar-refractivity contribution < 1.29 is 9.15 Å². The Morgan fingerprint density at radius 2 is 1.84 bits per heavy atom. The molecule has 3 aromatic carbocycles. The highest BCUT2D eigenvalue weighted by molar-refractivity contribution is 6.36. The molecule has 5 rings (SSSR count). The fraction of sp³-hybridized carbons (Fsp3) is 0.160. The summed E-state index contributed by atoms with van der Waals surface area (Å²) in [4.78, 5) is 14.9. The summed E-state index contributed by atoms with van der Waals surface area (Å²) in [6.45, 7) is 2.82. The Morgan fingerprint density at radius 3 is 2.61 bits per heavy atom. The van der Waals surface area contributed by atoms with Crippen LogP contribution in [0.25, 0.3) is 11.0 Å². The van der Waals surface area contributed by atoms with E-state index in [0.717, 1.165) is 27.8 Å². The molecule has 1 aliphatic rings. The molecular weight excluding hydrogens is 433 g/mol. The Morgan fingerprint density at radius 1 is 1.03 bits per heavy atom. The maximum atomic E-state index is 12.9. The number of fused-ring (bicyclic) bond motifs is 3. The smallest absolute Gasteiger partial charge is 0.340 e. The molecule has 1 aromatic heterocycles. The molecule has 0 unspecified atom stereocenters. The number of anilines is 1. The van der Waals surface area contributed by atoms with Crippen molar-refractivity contribution in [3.63, 3.8) is 0 Å². The molecule has 4 nitrogen and oxygen atoms in total. The van der Waals surface area contributed by atoms with Crippen LogP contribution in [0.15, 0.2) is 69.9 Å². The predicted molar refractivity (Wildman–Crippen MR) is 125 cm³/mol. The minimum absolute atomic E-state index is 0.316. The topological polar surface area (TPSA) is 42.7 Å². The highest BCUT2D eigenvalue weighted by Crippen LogP contribution is 2.37. The third-order valence-corrected chi connectivity index (χ3v) is 6.25. The van der Waals surface area contributed by atoms with Gasteiger partial charge in [0.1, 0.15) is 11.3 Å². The van der Waals surface area contributed by atoms with E-state index in [4.69, 9.17) is 32.4 Å². The molecule has 0 amide bonds. The average Bonchev–Trinajstić information content (AvgIpc) is 2.77. The third kappa shape index (κ3) is 3.67. The summed E-state index contributed by atoms with van der Waals surface area (Å²) in [5.74, 6) is 0.715. The monoisotopic (exact) mass is 451 g/mol. The standard InChI is InChI=1S/C25H19Cl2NO3/c1-15-18-8-10-23-20(13-28(14-30-23)22-9-7-17(26)12-21(22)27)24(18)31-25(29)19(15)11-16-5-3-2-4-6-16/h2-10,12H,11,13-14H2,1H3. The van der Waals surface area contributed by atoms with Crippen molar-refractivity contribution in [2.24, 2.45) is 0 Å². The molecule has 0 spiro atoms. The van der Waals surface area contributed by atoms with Crippen molar-refractivity contribution in [1.29, 1.82) is 0 Å². The molecule has 0 atom stereocenters. The number of nitrogens with zero attached hydrogens (tertiary/aromatic N) is 1. The van der Waals surface area contributed by atoms with Crippen molar-refractivity contribution in [3.05, 3.63) is 103 Å². The van der Waals surface area contributed by atoms with E-state index in [9.17, 15) is 4.79 Å². The van der Waals surface area contributed by atoms with Gasteiger partial charge in [0.2, 0.25) is 0 Å². The lowest BCUT2D eigenvalue weighted by atomic mass is 9.97. The quantitative estimate of drug-likeness (QED) is 0.340. The fourth-order valence-corrected chi connectivity index (χ4v) is 4.59. The van der Waals surface area contributed by atoms with Gasteiger partial charge >= 0.3 is 5.63 Å². The highest BCUT2D eigenvalue weighted by atomic mass is 35.5. The Balaban J connectivity index is 1.58. The number of ether oxygens (including phenoxy) is 1. The molecule has 0 radical (unpaired) electrons. The molecule has 0 aliphatic carbocycles. The van der Waals surface area contributed by atoms with Gasteiger partial charge in [-0.3, -0.25) is 0 Å². The van der Waals surface area contributed by atoms with Crippen LogP contribution in [-0.2, 0) is 13.0 Å². The van der Waals surface area contributed by atoms with Crippen LogP contribution in [0.4, 0.5) is 5.69 Å². The summed E-state index contributed by atoms with van der Waals surface area (Å²) in [6, 6.07) is 19.2. The molecule has 6 heteroatoms. The summed E-state index contributed by atoms with van der Waals surface area (Å²) in [5, 5.41) is 2.03. The first-order chi connectivity index (χ1) is 15.0. The van der Waals surface area contributed by atoms with Crippen molar-refractivity contribution in [1.82, 2.24) is 0 Å². The zero-order valence-corrected chi connectivity index (χ0v) is 18.3. The SMILES string of the molecule is Cc1c(Cc2ccccc2)c(=O)oc2c3c(ccc12)OCN(c1ccc(Cl)cc1Cl)C3. The van der Waals surface area contributed by atoms with Crippen LogP contribution in [0, 0.1) is 6.92 Å². The third-order valence-electron chi connectivity index (χ3n) is 5.71. The molecule has 156 valence electrons. The Kier molecular flexibility index (Phi) is 5.12. The first-order valence-corrected chi connectivity index (χ1v) is 10.7. The molecule has 0 saturated heterocycles. The van der Waals surface area contributed by atoms with Crippen LogP contribution in [0.3, 0.4) is 0 Å². The number of aryl methyl sites for hydroxylation is 1. The van der Waals surface area contributed by atoms with E-state index in [-0.39, 0.29) is 5.63 Å². The number of halogens is 2. The minimum atomic E-state index is -0.316. The van der Waals surface area contributed by atoms with Crippen LogP contribution in [0.5, 0.6) is 5.75 Å². The van der Waals surface area contributed by atoms with Crippen LogP contribution in [0.1, 0.15) is 22.3 Å². The van der Waals surface area contributed by atoms with Gasteiger partial charge in [-0.1, -0.05) is 53.5 Å². The van der Waals surface area contributed by atoms with Crippen LogP contribution < -0.4 is 15.3 Å². The number of hydrogen-bond donors (Lipinski definition) is 0. The zero-order chi connectivity index (χ0) is 21.5. The van der Waals surface area contributed by atoms with Crippen molar-refractivity contribution in [2.45, 2.75) is 19.9 Å². The maximum Gasteiger partial charge on any atom is 0.340 e. The zero-order valence-electron chi connectivity index (χ0n) is 16.8. The van der Waals surface area contributed by atoms with E-state index in [1.165, 1.54) is 0 Å². The maximum absolute atomic E-state index is 12.9. The van der Waals surface area contributed by atoms with Crippen molar-refractivity contribution in [3.8, 4) is 5.75 Å². The second-order valence-electron chi connectivity index (χ2n) is 7.64. The molecule has 0 bridgehead atoms. The summed E-state index contributed by atoms with van der Waals surface area (Å²) in [7, 11) is 0. The molecule has 0 saturated carbocycles. The van der Waals surface area contributed by atoms with Gasteiger partial charge in [0.05, 0.1) is 22.8 Å². The van der Waals surface area contributed by atoms with E-state index in [2.05, 4.69) is 0 Å². The molecule has 1 aliphatic heterocycles. The first kappa shape index (κ1) is 20.0. The lowest BCUT2D eigenvalue weighted by Gasteiger charge is -2.31. The molecular formula is C25H19Cl2NO3. The van der Waals surface area contributed by atoms with Gasteiger partial charge in [-0.05, 0) is 48.4 Å². The lowest BCUT2D eigenvalue weighted by molar-refractivity contribution is 0.289. The van der Waals surface area contributed by atoms with Crippen LogP contribution in [0.2, 0.25) is 10.0 Å². The Labute approximate surface area is 189 Å². The number of rotatable bonds is 3. The number of benzene rings is 3. The van der Waals surface area contributed by atoms with E-state index in [0.29, 0.717) is 46.6 Å². The average molecular weight is 452 g/mol. The summed E-state index contributed by atoms with van der Waals surface area (Å²) in [6.07, 6.45) is 0.533. The molecule has 31 heavy (non-hydrogen) atoms. The van der Waals surface area contributed by atoms with Gasteiger partial charge in [-0.15, -0.1) is 0 Å². The van der Waals surface area contributed by atoms with E-state index < -0.39 is 0 Å². The molecule has 0 fully saturated rings. The normalized spacial score (nSPS) is 13.2. The highest BCUT2D eigenvalue weighted by Gasteiger charge is 2.24. The van der Waals surface area contributed by atoms with E-state index in [1.807, 2.05) is 60.4 Å². The van der Waals surface area contributed by atoms with Crippen LogP contribution in [-0.4, -0.2) is 6.73 Å². The fourth-order valence-electron chi connectivity index (χ4n) is 4.06. The minimum Gasteiger partial charge on any atom is -0.473 e. The van der Waals surface area contributed by atoms with Crippen molar-refractivity contribution >= 4 is 39.9 Å². The number of hydrogen-bond acceptors (Lipinski definition) is 4. The van der Waals surface area contributed by atoms with E-state index >= 15 is 0 Å². The summed E-state index contributed by atoms with van der Waals surface area (Å²) in [5.41, 5.74) is 4.57.